The molecule has 0 aliphatic carbocycles. The van der Waals surface area contributed by atoms with Crippen LogP contribution in [0.4, 0.5) is 5.82 Å². The Labute approximate surface area is 110 Å². The Morgan fingerprint density at radius 2 is 2.16 bits per heavy atom. The maximum atomic E-state index is 5.75. The fraction of sp³-hybridized carbons (Fsp3) is 0.583. The van der Waals surface area contributed by atoms with E-state index >= 15 is 0 Å². The largest absolute Gasteiger partial charge is 0.351 e. The van der Waals surface area contributed by atoms with Crippen molar-refractivity contribution in [1.82, 2.24) is 19.6 Å². The van der Waals surface area contributed by atoms with Crippen molar-refractivity contribution < 1.29 is 9.47 Å². The molecule has 0 N–H and O–H groups in total. The van der Waals surface area contributed by atoms with Gasteiger partial charge >= 0.3 is 0 Å². The van der Waals surface area contributed by atoms with Crippen LogP contribution in [0.25, 0.3) is 5.78 Å². The minimum absolute atomic E-state index is 0.427. The summed E-state index contributed by atoms with van der Waals surface area (Å²) in [6.45, 7) is 4.94. The van der Waals surface area contributed by atoms with Crippen LogP contribution in [0, 0.1) is 6.92 Å². The molecule has 7 heteroatoms. The fourth-order valence-corrected chi connectivity index (χ4v) is 2.82. The molecular weight excluding hydrogens is 246 g/mol. The Morgan fingerprint density at radius 3 is 3.00 bits per heavy atom. The van der Waals surface area contributed by atoms with Crippen LogP contribution in [0.2, 0.25) is 0 Å². The SMILES string of the molecule is Cc1cc(N2CCC3(C2)OCCO3)n2ncnc2n1. The minimum Gasteiger partial charge on any atom is -0.351 e. The highest BCUT2D eigenvalue weighted by Gasteiger charge is 2.44. The lowest BCUT2D eigenvalue weighted by molar-refractivity contribution is -0.137. The van der Waals surface area contributed by atoms with Gasteiger partial charge in [0.25, 0.3) is 5.78 Å². The van der Waals surface area contributed by atoms with Gasteiger partial charge in [0, 0.05) is 24.7 Å². The summed E-state index contributed by atoms with van der Waals surface area (Å²) in [6, 6.07) is 2.02. The van der Waals surface area contributed by atoms with Crippen molar-refractivity contribution in [1.29, 1.82) is 0 Å². The number of hydrogen-bond acceptors (Lipinski definition) is 6. The molecule has 0 unspecified atom stereocenters. The topological polar surface area (TPSA) is 64.8 Å². The number of anilines is 1. The molecule has 0 atom stereocenters. The van der Waals surface area contributed by atoms with E-state index in [0.717, 1.165) is 31.0 Å². The van der Waals surface area contributed by atoms with Gasteiger partial charge in [-0.05, 0) is 6.92 Å². The standard InChI is InChI=1S/C12H15N5O2/c1-9-6-10(17-11(15-9)13-8-14-17)16-3-2-12(7-16)18-4-5-19-12/h6,8H,2-5,7H2,1H3. The first-order valence-electron chi connectivity index (χ1n) is 6.46. The van der Waals surface area contributed by atoms with Crippen LogP contribution in [0.5, 0.6) is 0 Å². The zero-order valence-corrected chi connectivity index (χ0v) is 10.7. The van der Waals surface area contributed by atoms with Crippen LogP contribution < -0.4 is 4.90 Å². The predicted molar refractivity (Wildman–Crippen MR) is 67.0 cm³/mol. The highest BCUT2D eigenvalue weighted by atomic mass is 16.7. The first kappa shape index (κ1) is 11.1. The quantitative estimate of drug-likeness (QED) is 0.739. The molecule has 7 nitrogen and oxygen atoms in total. The molecule has 2 fully saturated rings. The van der Waals surface area contributed by atoms with Gasteiger partial charge in [0.2, 0.25) is 0 Å². The fourth-order valence-electron chi connectivity index (χ4n) is 2.82. The van der Waals surface area contributed by atoms with Gasteiger partial charge in [-0.15, -0.1) is 0 Å². The second-order valence-corrected chi connectivity index (χ2v) is 5.01. The van der Waals surface area contributed by atoms with Gasteiger partial charge in [-0.1, -0.05) is 0 Å². The average molecular weight is 261 g/mol. The zero-order chi connectivity index (χ0) is 12.9. The molecule has 0 aromatic carbocycles. The number of ether oxygens (including phenoxy) is 2. The van der Waals surface area contributed by atoms with Crippen molar-refractivity contribution in [2.45, 2.75) is 19.1 Å². The molecule has 0 radical (unpaired) electrons. The third-order valence-corrected chi connectivity index (χ3v) is 3.69. The van der Waals surface area contributed by atoms with Crippen molar-refractivity contribution in [3.63, 3.8) is 0 Å². The number of aromatic nitrogens is 4. The maximum absolute atomic E-state index is 5.75. The van der Waals surface area contributed by atoms with E-state index in [-0.39, 0.29) is 0 Å². The Kier molecular flexibility index (Phi) is 2.27. The van der Waals surface area contributed by atoms with Crippen LogP contribution in [-0.2, 0) is 9.47 Å². The van der Waals surface area contributed by atoms with Crippen LogP contribution in [0.1, 0.15) is 12.1 Å². The zero-order valence-electron chi connectivity index (χ0n) is 10.7. The summed E-state index contributed by atoms with van der Waals surface area (Å²) in [6.07, 6.45) is 2.41. The Bertz CT molecular complexity index is 620. The van der Waals surface area contributed by atoms with E-state index in [1.165, 1.54) is 6.33 Å². The van der Waals surface area contributed by atoms with Crippen molar-refractivity contribution >= 4 is 11.6 Å². The highest BCUT2D eigenvalue weighted by molar-refractivity contribution is 5.48. The number of nitrogens with zero attached hydrogens (tertiary/aromatic N) is 5. The molecule has 4 rings (SSSR count). The molecule has 0 amide bonds. The summed E-state index contributed by atoms with van der Waals surface area (Å²) in [4.78, 5) is 10.7. The predicted octanol–water partition coefficient (Wildman–Crippen LogP) is 0.386. The van der Waals surface area contributed by atoms with E-state index in [0.29, 0.717) is 19.0 Å². The lowest BCUT2D eigenvalue weighted by Crippen LogP contribution is -2.35. The van der Waals surface area contributed by atoms with Crippen LogP contribution in [-0.4, -0.2) is 51.7 Å². The molecule has 19 heavy (non-hydrogen) atoms. The van der Waals surface area contributed by atoms with Crippen LogP contribution >= 0.6 is 0 Å². The second kappa shape index (κ2) is 3.88. The third-order valence-electron chi connectivity index (χ3n) is 3.69. The summed E-state index contributed by atoms with van der Waals surface area (Å²) < 4.78 is 13.3. The van der Waals surface area contributed by atoms with Crippen molar-refractivity contribution in [3.05, 3.63) is 18.1 Å². The van der Waals surface area contributed by atoms with Gasteiger partial charge in [-0.3, -0.25) is 0 Å². The van der Waals surface area contributed by atoms with Gasteiger partial charge in [-0.2, -0.15) is 14.6 Å². The summed E-state index contributed by atoms with van der Waals surface area (Å²) in [5.74, 6) is 1.20. The second-order valence-electron chi connectivity index (χ2n) is 5.01. The first-order valence-corrected chi connectivity index (χ1v) is 6.46. The van der Waals surface area contributed by atoms with E-state index < -0.39 is 5.79 Å². The molecule has 1 spiro atoms. The van der Waals surface area contributed by atoms with Crippen molar-refractivity contribution in [3.8, 4) is 0 Å². The first-order chi connectivity index (χ1) is 9.26. The number of hydrogen-bond donors (Lipinski definition) is 0. The molecule has 2 aromatic rings. The van der Waals surface area contributed by atoms with Crippen molar-refractivity contribution in [2.24, 2.45) is 0 Å². The smallest absolute Gasteiger partial charge is 0.254 e. The van der Waals surface area contributed by atoms with E-state index in [9.17, 15) is 0 Å². The van der Waals surface area contributed by atoms with E-state index in [1.54, 1.807) is 4.52 Å². The maximum Gasteiger partial charge on any atom is 0.254 e. The molecule has 2 aliphatic heterocycles. The van der Waals surface area contributed by atoms with Crippen molar-refractivity contribution in [2.75, 3.05) is 31.2 Å². The lowest BCUT2D eigenvalue weighted by atomic mass is 10.2. The van der Waals surface area contributed by atoms with Gasteiger partial charge < -0.3 is 14.4 Å². The third kappa shape index (κ3) is 1.69. The Morgan fingerprint density at radius 1 is 1.32 bits per heavy atom. The molecular formula is C12H15N5O2. The molecule has 2 aliphatic rings. The molecule has 2 saturated heterocycles. The highest BCUT2D eigenvalue weighted by Crippen LogP contribution is 2.33. The summed E-state index contributed by atoms with van der Waals surface area (Å²) in [5.41, 5.74) is 0.935. The number of aryl methyl sites for hydroxylation is 1. The molecule has 4 heterocycles. The van der Waals surface area contributed by atoms with Crippen LogP contribution in [0.3, 0.4) is 0 Å². The summed E-state index contributed by atoms with van der Waals surface area (Å²) >= 11 is 0. The summed E-state index contributed by atoms with van der Waals surface area (Å²) in [7, 11) is 0. The van der Waals surface area contributed by atoms with E-state index in [4.69, 9.17) is 9.47 Å². The number of rotatable bonds is 1. The Hall–Kier alpha value is -1.73. The molecule has 0 saturated carbocycles. The monoisotopic (exact) mass is 261 g/mol. The minimum atomic E-state index is -0.427. The molecule has 2 aromatic heterocycles. The number of fused-ring (bicyclic) bond motifs is 1. The molecule has 100 valence electrons. The van der Waals surface area contributed by atoms with E-state index in [2.05, 4.69) is 20.0 Å². The van der Waals surface area contributed by atoms with Gasteiger partial charge in [0.1, 0.15) is 12.1 Å². The van der Waals surface area contributed by atoms with Gasteiger partial charge in [0.15, 0.2) is 5.79 Å². The average Bonchev–Trinajstić information content (AvgIpc) is 3.11. The van der Waals surface area contributed by atoms with Crippen LogP contribution in [0.15, 0.2) is 12.4 Å². The lowest BCUT2D eigenvalue weighted by Gasteiger charge is -2.23. The Balaban J connectivity index is 1.73. The summed E-state index contributed by atoms with van der Waals surface area (Å²) in [5, 5.41) is 4.24. The molecule has 0 bridgehead atoms. The van der Waals surface area contributed by atoms with Gasteiger partial charge in [0.05, 0.1) is 19.8 Å². The van der Waals surface area contributed by atoms with Gasteiger partial charge in [-0.25, -0.2) is 4.98 Å². The van der Waals surface area contributed by atoms with E-state index in [1.807, 2.05) is 13.0 Å². The normalized spacial score (nSPS) is 21.8.